The zero-order valence-corrected chi connectivity index (χ0v) is 9.82. The van der Waals surface area contributed by atoms with Gasteiger partial charge in [0.2, 0.25) is 0 Å². The quantitative estimate of drug-likeness (QED) is 0.776. The van der Waals surface area contributed by atoms with Crippen LogP contribution < -0.4 is 0 Å². The molecule has 0 aliphatic heterocycles. The molecule has 1 rings (SSSR count). The first-order chi connectivity index (χ1) is 8.29. The van der Waals surface area contributed by atoms with Gasteiger partial charge in [0, 0.05) is 17.0 Å². The molecule has 0 fully saturated rings. The first kappa shape index (κ1) is 14.9. The highest BCUT2D eigenvalue weighted by Gasteiger charge is 2.27. The maximum absolute atomic E-state index is 13.3. The van der Waals surface area contributed by atoms with Crippen molar-refractivity contribution in [3.63, 3.8) is 0 Å². The zero-order valence-electron chi connectivity index (χ0n) is 9.06. The molecule has 1 aromatic rings. The number of hydrogen-bond donors (Lipinski definition) is 0. The number of rotatable bonds is 5. The summed E-state index contributed by atoms with van der Waals surface area (Å²) in [6.07, 6.45) is -4.89. The van der Waals surface area contributed by atoms with E-state index >= 15 is 0 Å². The molecule has 0 saturated heterocycles. The average Bonchev–Trinajstić information content (AvgIpc) is 2.22. The minimum atomic E-state index is -4.49. The number of hydrogen-bond acceptors (Lipinski definition) is 2. The van der Waals surface area contributed by atoms with E-state index in [9.17, 15) is 22.4 Å². The molecule has 0 aliphatic rings. The van der Waals surface area contributed by atoms with Gasteiger partial charge in [-0.15, -0.1) is 0 Å². The number of ketones is 1. The molecule has 0 unspecified atom stereocenters. The number of carbonyl (C=O) groups is 1. The van der Waals surface area contributed by atoms with Crippen LogP contribution in [-0.4, -0.2) is 25.2 Å². The first-order valence-corrected chi connectivity index (χ1v) is 5.26. The first-order valence-electron chi connectivity index (χ1n) is 4.88. The van der Waals surface area contributed by atoms with E-state index in [1.165, 1.54) is 12.1 Å². The number of benzene rings is 1. The van der Waals surface area contributed by atoms with Crippen molar-refractivity contribution >= 4 is 17.4 Å². The van der Waals surface area contributed by atoms with Gasteiger partial charge in [0.25, 0.3) is 0 Å². The van der Waals surface area contributed by atoms with Crippen molar-refractivity contribution in [1.29, 1.82) is 0 Å². The van der Waals surface area contributed by atoms with Crippen LogP contribution in [-0.2, 0) is 16.0 Å². The molecule has 0 amide bonds. The summed E-state index contributed by atoms with van der Waals surface area (Å²) in [4.78, 5) is 11.3. The van der Waals surface area contributed by atoms with Gasteiger partial charge in [0.1, 0.15) is 19.0 Å². The summed E-state index contributed by atoms with van der Waals surface area (Å²) in [7, 11) is 0. The average molecular weight is 285 g/mol. The molecule has 1 aromatic carbocycles. The summed E-state index contributed by atoms with van der Waals surface area (Å²) in [6, 6.07) is 3.88. The zero-order chi connectivity index (χ0) is 13.8. The molecule has 2 nitrogen and oxygen atoms in total. The lowest BCUT2D eigenvalue weighted by Crippen LogP contribution is -2.21. The normalized spacial score (nSPS) is 11.6. The fourth-order valence-corrected chi connectivity index (χ4v) is 1.46. The maximum atomic E-state index is 13.3. The van der Waals surface area contributed by atoms with Crippen LogP contribution in [0.15, 0.2) is 18.2 Å². The molecule has 0 radical (unpaired) electrons. The highest BCUT2D eigenvalue weighted by Crippen LogP contribution is 2.20. The van der Waals surface area contributed by atoms with Crippen molar-refractivity contribution < 1.29 is 27.1 Å². The van der Waals surface area contributed by atoms with Crippen molar-refractivity contribution in [2.45, 2.75) is 12.6 Å². The topological polar surface area (TPSA) is 26.3 Å². The van der Waals surface area contributed by atoms with Gasteiger partial charge < -0.3 is 4.74 Å². The molecule has 0 aromatic heterocycles. The molecule has 0 atom stereocenters. The lowest BCUT2D eigenvalue weighted by molar-refractivity contribution is -0.175. The summed E-state index contributed by atoms with van der Waals surface area (Å²) >= 11 is 5.67. The molecular formula is C11H9ClF4O2. The summed E-state index contributed by atoms with van der Waals surface area (Å²) in [5, 5.41) is 0.0548. The summed E-state index contributed by atoms with van der Waals surface area (Å²) < 4.78 is 52.7. The Morgan fingerprint density at radius 3 is 2.56 bits per heavy atom. The Hall–Kier alpha value is -1.14. The fourth-order valence-electron chi connectivity index (χ4n) is 1.23. The molecule has 0 heterocycles. The van der Waals surface area contributed by atoms with Crippen molar-refractivity contribution in [3.05, 3.63) is 34.6 Å². The molecule has 0 aliphatic carbocycles. The van der Waals surface area contributed by atoms with E-state index < -0.39 is 37.4 Å². The van der Waals surface area contributed by atoms with Crippen LogP contribution in [0.1, 0.15) is 5.56 Å². The lowest BCUT2D eigenvalue weighted by Gasteiger charge is -2.08. The van der Waals surface area contributed by atoms with Gasteiger partial charge in [0.05, 0.1) is 0 Å². The van der Waals surface area contributed by atoms with Crippen LogP contribution in [0.3, 0.4) is 0 Å². The van der Waals surface area contributed by atoms with Crippen LogP contribution in [0, 0.1) is 5.82 Å². The van der Waals surface area contributed by atoms with Gasteiger partial charge >= 0.3 is 6.18 Å². The van der Waals surface area contributed by atoms with Crippen LogP contribution in [0.25, 0.3) is 0 Å². The Kier molecular flexibility index (Phi) is 5.10. The van der Waals surface area contributed by atoms with E-state index in [0.717, 1.165) is 6.07 Å². The standard InChI is InChI=1S/C11H9ClF4O2/c12-9-2-1-3-10(13)8(9)4-7(17)5-18-6-11(14,15)16/h1-3H,4-6H2. The summed E-state index contributed by atoms with van der Waals surface area (Å²) in [6.45, 7) is -2.24. The van der Waals surface area contributed by atoms with Gasteiger partial charge in [-0.25, -0.2) is 4.39 Å². The molecule has 0 saturated carbocycles. The number of Topliss-reactive ketones (excluding diaryl/α,β-unsaturated/α-hetero) is 1. The third-order valence-electron chi connectivity index (χ3n) is 1.96. The molecule has 7 heteroatoms. The molecule has 18 heavy (non-hydrogen) atoms. The Morgan fingerprint density at radius 1 is 1.33 bits per heavy atom. The second kappa shape index (κ2) is 6.15. The predicted octanol–water partition coefficient (Wildman–Crippen LogP) is 3.17. The third-order valence-corrected chi connectivity index (χ3v) is 2.32. The largest absolute Gasteiger partial charge is 0.411 e. The Morgan fingerprint density at radius 2 is 2.00 bits per heavy atom. The van der Waals surface area contributed by atoms with Gasteiger partial charge in [-0.1, -0.05) is 17.7 Å². The number of carbonyl (C=O) groups excluding carboxylic acids is 1. The van der Waals surface area contributed by atoms with E-state index in [-0.39, 0.29) is 10.6 Å². The number of halogens is 5. The minimum absolute atomic E-state index is 0.0419. The third kappa shape index (κ3) is 5.01. The maximum Gasteiger partial charge on any atom is 0.411 e. The van der Waals surface area contributed by atoms with Crippen molar-refractivity contribution in [3.8, 4) is 0 Å². The van der Waals surface area contributed by atoms with Crippen molar-refractivity contribution in [2.75, 3.05) is 13.2 Å². The van der Waals surface area contributed by atoms with Crippen LogP contribution >= 0.6 is 11.6 Å². The van der Waals surface area contributed by atoms with E-state index in [1.54, 1.807) is 0 Å². The van der Waals surface area contributed by atoms with E-state index in [2.05, 4.69) is 4.74 Å². The Balaban J connectivity index is 2.50. The molecule has 0 bridgehead atoms. The van der Waals surface area contributed by atoms with Crippen molar-refractivity contribution in [2.24, 2.45) is 0 Å². The van der Waals surface area contributed by atoms with Crippen molar-refractivity contribution in [1.82, 2.24) is 0 Å². The van der Waals surface area contributed by atoms with E-state index in [1.807, 2.05) is 0 Å². The van der Waals surface area contributed by atoms with Crippen LogP contribution in [0.5, 0.6) is 0 Å². The second-order valence-electron chi connectivity index (χ2n) is 3.52. The summed E-state index contributed by atoms with van der Waals surface area (Å²) in [5.41, 5.74) is -0.0419. The molecule has 100 valence electrons. The predicted molar refractivity (Wildman–Crippen MR) is 57.0 cm³/mol. The van der Waals surface area contributed by atoms with Gasteiger partial charge in [-0.3, -0.25) is 4.79 Å². The lowest BCUT2D eigenvalue weighted by atomic mass is 10.1. The Bertz CT molecular complexity index is 411. The van der Waals surface area contributed by atoms with E-state index in [4.69, 9.17) is 11.6 Å². The van der Waals surface area contributed by atoms with E-state index in [0.29, 0.717) is 0 Å². The van der Waals surface area contributed by atoms with Crippen LogP contribution in [0.2, 0.25) is 5.02 Å². The molecule has 0 spiro atoms. The molecular weight excluding hydrogens is 276 g/mol. The van der Waals surface area contributed by atoms with Gasteiger partial charge in [-0.05, 0) is 12.1 Å². The van der Waals surface area contributed by atoms with Gasteiger partial charge in [-0.2, -0.15) is 13.2 Å². The highest BCUT2D eigenvalue weighted by molar-refractivity contribution is 6.31. The minimum Gasteiger partial charge on any atom is -0.364 e. The SMILES string of the molecule is O=C(COCC(F)(F)F)Cc1c(F)cccc1Cl. The highest BCUT2D eigenvalue weighted by atomic mass is 35.5. The summed E-state index contributed by atoms with van der Waals surface area (Å²) in [5.74, 6) is -1.35. The fraction of sp³-hybridized carbons (Fsp3) is 0.364. The number of ether oxygens (including phenoxy) is 1. The smallest absolute Gasteiger partial charge is 0.364 e. The monoisotopic (exact) mass is 284 g/mol. The molecule has 0 N–H and O–H groups in total. The second-order valence-corrected chi connectivity index (χ2v) is 3.93. The number of alkyl halides is 3. The van der Waals surface area contributed by atoms with Crippen LogP contribution in [0.4, 0.5) is 17.6 Å². The van der Waals surface area contributed by atoms with Gasteiger partial charge in [0.15, 0.2) is 5.78 Å². The Labute approximate surface area is 105 Å².